The fraction of sp³-hybridized carbons (Fsp3) is 0. The van der Waals surface area contributed by atoms with E-state index in [1.807, 2.05) is 17.5 Å². The van der Waals surface area contributed by atoms with Crippen molar-refractivity contribution in [1.82, 2.24) is 14.6 Å². The summed E-state index contributed by atoms with van der Waals surface area (Å²) < 4.78 is 1.22. The maximum absolute atomic E-state index is 11.7. The lowest BCUT2D eigenvalue weighted by Crippen LogP contribution is -2.17. The van der Waals surface area contributed by atoms with Gasteiger partial charge in [0.1, 0.15) is 0 Å². The van der Waals surface area contributed by atoms with Gasteiger partial charge in [0.2, 0.25) is 0 Å². The van der Waals surface area contributed by atoms with E-state index in [1.54, 1.807) is 6.07 Å². The van der Waals surface area contributed by atoms with E-state index in [0.717, 1.165) is 16.6 Å². The Morgan fingerprint density at radius 3 is 2.94 bits per heavy atom. The fourth-order valence-electron chi connectivity index (χ4n) is 1.66. The van der Waals surface area contributed by atoms with Crippen molar-refractivity contribution in [3.63, 3.8) is 0 Å². The largest absolute Gasteiger partial charge is 0.477 e. The summed E-state index contributed by atoms with van der Waals surface area (Å²) in [7, 11) is 0. The molecule has 3 heterocycles. The molecule has 3 rings (SSSR count). The van der Waals surface area contributed by atoms with Gasteiger partial charge in [-0.05, 0) is 11.4 Å². The first kappa shape index (κ1) is 10.7. The molecule has 0 saturated carbocycles. The summed E-state index contributed by atoms with van der Waals surface area (Å²) in [6.07, 6.45) is 0. The van der Waals surface area contributed by atoms with E-state index < -0.39 is 11.5 Å². The molecule has 0 bridgehead atoms. The van der Waals surface area contributed by atoms with Crippen molar-refractivity contribution in [2.45, 2.75) is 0 Å². The van der Waals surface area contributed by atoms with Gasteiger partial charge in [0.05, 0.1) is 10.6 Å². The number of nitrogens with one attached hydrogen (secondary N) is 1. The Labute approximate surface area is 104 Å². The Balaban J connectivity index is 2.27. The molecule has 0 aliphatic heterocycles. The number of carbonyl (C=O) groups is 1. The van der Waals surface area contributed by atoms with Crippen molar-refractivity contribution in [3.8, 4) is 10.6 Å². The normalized spacial score (nSPS) is 10.9. The van der Waals surface area contributed by atoms with E-state index in [-0.39, 0.29) is 5.69 Å². The monoisotopic (exact) mass is 261 g/mol. The number of thiophene rings is 1. The number of hydrogen-bond acceptors (Lipinski definition) is 4. The van der Waals surface area contributed by atoms with Crippen LogP contribution in [0.2, 0.25) is 0 Å². The Morgan fingerprint density at radius 2 is 2.28 bits per heavy atom. The number of fused-ring (bicyclic) bond motifs is 1. The zero-order valence-electron chi connectivity index (χ0n) is 8.95. The number of hydrogen-bond donors (Lipinski definition) is 2. The molecule has 0 amide bonds. The van der Waals surface area contributed by atoms with Crippen LogP contribution in [0, 0.1) is 0 Å². The van der Waals surface area contributed by atoms with Gasteiger partial charge < -0.3 is 5.11 Å². The zero-order valence-corrected chi connectivity index (χ0v) is 9.77. The molecule has 0 atom stereocenters. The van der Waals surface area contributed by atoms with Crippen molar-refractivity contribution in [1.29, 1.82) is 0 Å². The lowest BCUT2D eigenvalue weighted by Gasteiger charge is -1.94. The number of aromatic nitrogens is 3. The highest BCUT2D eigenvalue weighted by Gasteiger charge is 2.11. The summed E-state index contributed by atoms with van der Waals surface area (Å²) in [5.74, 6) is -1.21. The van der Waals surface area contributed by atoms with E-state index in [0.29, 0.717) is 5.65 Å². The van der Waals surface area contributed by atoms with E-state index >= 15 is 0 Å². The summed E-state index contributed by atoms with van der Waals surface area (Å²) in [6.45, 7) is 0. The van der Waals surface area contributed by atoms with Gasteiger partial charge >= 0.3 is 5.97 Å². The van der Waals surface area contributed by atoms with E-state index in [2.05, 4.69) is 10.1 Å². The molecule has 0 unspecified atom stereocenters. The van der Waals surface area contributed by atoms with Gasteiger partial charge in [-0.1, -0.05) is 6.07 Å². The molecule has 0 fully saturated rings. The highest BCUT2D eigenvalue weighted by atomic mass is 32.1. The van der Waals surface area contributed by atoms with Gasteiger partial charge in [0, 0.05) is 12.1 Å². The molecule has 3 aromatic heterocycles. The topological polar surface area (TPSA) is 87.5 Å². The first-order chi connectivity index (χ1) is 8.65. The Bertz CT molecular complexity index is 786. The fourth-order valence-corrected chi connectivity index (χ4v) is 2.35. The van der Waals surface area contributed by atoms with Gasteiger partial charge in [-0.15, -0.1) is 11.3 Å². The molecular formula is C11H7N3O3S. The molecule has 0 radical (unpaired) electrons. The Morgan fingerprint density at radius 1 is 1.44 bits per heavy atom. The standard InChI is InChI=1S/C11H7N3O3S/c15-10-5-7(11(16)17)12-9-4-6(13-14(9)10)8-2-1-3-18-8/h1-5,13H,(H,16,17). The van der Waals surface area contributed by atoms with Crippen LogP contribution in [-0.2, 0) is 0 Å². The molecule has 3 aromatic rings. The number of nitrogens with zero attached hydrogens (tertiary/aromatic N) is 2. The molecule has 18 heavy (non-hydrogen) atoms. The number of carboxylic acids is 1. The van der Waals surface area contributed by atoms with E-state index in [9.17, 15) is 9.59 Å². The summed E-state index contributed by atoms with van der Waals surface area (Å²) in [5.41, 5.74) is 0.331. The van der Waals surface area contributed by atoms with Crippen molar-refractivity contribution >= 4 is 23.0 Å². The number of carboxylic acid groups (broad SMARTS) is 1. The minimum atomic E-state index is -1.21. The van der Waals surface area contributed by atoms with E-state index in [1.165, 1.54) is 15.9 Å². The lowest BCUT2D eigenvalue weighted by molar-refractivity contribution is 0.0690. The van der Waals surface area contributed by atoms with Gasteiger partial charge in [-0.3, -0.25) is 9.89 Å². The van der Waals surface area contributed by atoms with Crippen LogP contribution in [0.4, 0.5) is 0 Å². The summed E-state index contributed by atoms with van der Waals surface area (Å²) >= 11 is 1.52. The number of aromatic amines is 1. The molecule has 7 heteroatoms. The second kappa shape index (κ2) is 3.81. The first-order valence-corrected chi connectivity index (χ1v) is 5.93. The Hall–Kier alpha value is -2.41. The van der Waals surface area contributed by atoms with Crippen LogP contribution in [0.3, 0.4) is 0 Å². The average Bonchev–Trinajstić information content (AvgIpc) is 2.96. The third-order valence-electron chi connectivity index (χ3n) is 2.46. The lowest BCUT2D eigenvalue weighted by atomic mass is 10.3. The average molecular weight is 261 g/mol. The number of rotatable bonds is 2. The van der Waals surface area contributed by atoms with Crippen LogP contribution >= 0.6 is 11.3 Å². The molecule has 0 spiro atoms. The molecule has 0 aromatic carbocycles. The van der Waals surface area contributed by atoms with Crippen LogP contribution in [0.5, 0.6) is 0 Å². The predicted octanol–water partition coefficient (Wildman–Crippen LogP) is 1.45. The number of aromatic carboxylic acids is 1. The highest BCUT2D eigenvalue weighted by molar-refractivity contribution is 7.13. The summed E-state index contributed by atoms with van der Waals surface area (Å²) in [5, 5.41) is 13.6. The van der Waals surface area contributed by atoms with E-state index in [4.69, 9.17) is 5.11 Å². The quantitative estimate of drug-likeness (QED) is 0.730. The smallest absolute Gasteiger partial charge is 0.354 e. The van der Waals surface area contributed by atoms with Crippen molar-refractivity contribution in [3.05, 3.63) is 45.7 Å². The SMILES string of the molecule is O=C(O)c1cc(=O)n2[nH]c(-c3cccs3)cc2n1. The van der Waals surface area contributed by atoms with Gasteiger partial charge in [-0.2, -0.15) is 0 Å². The first-order valence-electron chi connectivity index (χ1n) is 5.05. The Kier molecular flexibility index (Phi) is 2.27. The molecule has 0 aliphatic rings. The van der Waals surface area contributed by atoms with Gasteiger partial charge in [-0.25, -0.2) is 14.3 Å². The molecule has 2 N–H and O–H groups in total. The second-order valence-electron chi connectivity index (χ2n) is 3.63. The molecule has 90 valence electrons. The summed E-state index contributed by atoms with van der Waals surface area (Å²) in [6, 6.07) is 6.44. The van der Waals surface area contributed by atoms with Gasteiger partial charge in [0.25, 0.3) is 5.56 Å². The minimum absolute atomic E-state index is 0.253. The summed E-state index contributed by atoms with van der Waals surface area (Å²) in [4.78, 5) is 27.4. The maximum atomic E-state index is 11.7. The van der Waals surface area contributed by atoms with Crippen molar-refractivity contribution in [2.75, 3.05) is 0 Å². The van der Waals surface area contributed by atoms with Crippen molar-refractivity contribution in [2.24, 2.45) is 0 Å². The van der Waals surface area contributed by atoms with Crippen LogP contribution in [0.25, 0.3) is 16.2 Å². The second-order valence-corrected chi connectivity index (χ2v) is 4.57. The molecule has 0 aliphatic carbocycles. The van der Waals surface area contributed by atoms with Crippen LogP contribution in [0.1, 0.15) is 10.5 Å². The minimum Gasteiger partial charge on any atom is -0.477 e. The van der Waals surface area contributed by atoms with Crippen LogP contribution < -0.4 is 5.56 Å². The third kappa shape index (κ3) is 1.61. The molecule has 6 nitrogen and oxygen atoms in total. The van der Waals surface area contributed by atoms with Crippen LogP contribution in [0.15, 0.2) is 34.4 Å². The molecule has 0 saturated heterocycles. The zero-order chi connectivity index (χ0) is 12.7. The predicted molar refractivity (Wildman–Crippen MR) is 66.1 cm³/mol. The third-order valence-corrected chi connectivity index (χ3v) is 3.36. The number of H-pyrrole nitrogens is 1. The highest BCUT2D eigenvalue weighted by Crippen LogP contribution is 2.23. The molecular weight excluding hydrogens is 254 g/mol. The maximum Gasteiger partial charge on any atom is 0.354 e. The van der Waals surface area contributed by atoms with Crippen molar-refractivity contribution < 1.29 is 9.90 Å². The van der Waals surface area contributed by atoms with Crippen LogP contribution in [-0.4, -0.2) is 25.7 Å². The van der Waals surface area contributed by atoms with Gasteiger partial charge in [0.15, 0.2) is 11.3 Å².